The zero-order valence-electron chi connectivity index (χ0n) is 9.12. The molecule has 0 saturated heterocycles. The van der Waals surface area contributed by atoms with E-state index in [1.807, 2.05) is 13.8 Å². The molecule has 0 aliphatic rings. The van der Waals surface area contributed by atoms with Gasteiger partial charge in [0.05, 0.1) is 0 Å². The second-order valence-electron chi connectivity index (χ2n) is 2.69. The van der Waals surface area contributed by atoms with Crippen LogP contribution in [-0.4, -0.2) is 7.05 Å². The van der Waals surface area contributed by atoms with Gasteiger partial charge in [0.1, 0.15) is 5.82 Å². The van der Waals surface area contributed by atoms with Crippen LogP contribution >= 0.6 is 11.6 Å². The zero-order chi connectivity index (χ0) is 11.1. The zero-order valence-corrected chi connectivity index (χ0v) is 9.87. The summed E-state index contributed by atoms with van der Waals surface area (Å²) in [6.45, 7) is 6.19. The lowest BCUT2D eigenvalue weighted by Crippen LogP contribution is -2.08. The predicted molar refractivity (Wildman–Crippen MR) is 60.3 cm³/mol. The molecule has 14 heavy (non-hydrogen) atoms. The Morgan fingerprint density at radius 1 is 1.36 bits per heavy atom. The SMILES string of the molecule is CC.CNCc1c(Cl)ccc(C)c1F. The van der Waals surface area contributed by atoms with Gasteiger partial charge in [0.25, 0.3) is 0 Å². The number of rotatable bonds is 2. The monoisotopic (exact) mass is 217 g/mol. The van der Waals surface area contributed by atoms with Gasteiger partial charge in [-0.25, -0.2) is 4.39 Å². The summed E-state index contributed by atoms with van der Waals surface area (Å²) in [7, 11) is 1.76. The Morgan fingerprint density at radius 3 is 2.43 bits per heavy atom. The highest BCUT2D eigenvalue weighted by molar-refractivity contribution is 6.31. The van der Waals surface area contributed by atoms with Crippen LogP contribution in [0.25, 0.3) is 0 Å². The molecule has 1 aromatic carbocycles. The highest BCUT2D eigenvalue weighted by Gasteiger charge is 2.07. The molecule has 0 bridgehead atoms. The Hall–Kier alpha value is -0.600. The molecule has 0 atom stereocenters. The van der Waals surface area contributed by atoms with Crippen LogP contribution in [0, 0.1) is 12.7 Å². The fourth-order valence-electron chi connectivity index (χ4n) is 1.05. The van der Waals surface area contributed by atoms with Crippen LogP contribution in [0.3, 0.4) is 0 Å². The minimum atomic E-state index is -0.211. The molecule has 0 aromatic heterocycles. The van der Waals surface area contributed by atoms with Gasteiger partial charge in [0, 0.05) is 17.1 Å². The Morgan fingerprint density at radius 2 is 1.93 bits per heavy atom. The lowest BCUT2D eigenvalue weighted by Gasteiger charge is -2.06. The van der Waals surface area contributed by atoms with Crippen molar-refractivity contribution in [1.82, 2.24) is 5.32 Å². The number of aryl methyl sites for hydroxylation is 1. The lowest BCUT2D eigenvalue weighted by atomic mass is 10.1. The van der Waals surface area contributed by atoms with E-state index in [1.54, 1.807) is 26.1 Å². The molecule has 0 amide bonds. The molecule has 3 heteroatoms. The summed E-state index contributed by atoms with van der Waals surface area (Å²) in [5.41, 5.74) is 1.17. The van der Waals surface area contributed by atoms with Crippen molar-refractivity contribution in [2.75, 3.05) is 7.05 Å². The predicted octanol–water partition coefficient (Wildman–Crippen LogP) is 3.53. The highest BCUT2D eigenvalue weighted by Crippen LogP contribution is 2.21. The standard InChI is InChI=1S/C9H11ClFN.C2H6/c1-6-3-4-8(10)7(5-12-2)9(6)11;1-2/h3-4,12H,5H2,1-2H3;1-2H3. The lowest BCUT2D eigenvalue weighted by molar-refractivity contribution is 0.592. The fraction of sp³-hybridized carbons (Fsp3) is 0.455. The van der Waals surface area contributed by atoms with Crippen LogP contribution in [0.15, 0.2) is 12.1 Å². The van der Waals surface area contributed by atoms with Crippen LogP contribution in [0.1, 0.15) is 25.0 Å². The van der Waals surface area contributed by atoms with E-state index in [4.69, 9.17) is 11.6 Å². The van der Waals surface area contributed by atoms with E-state index in [2.05, 4.69) is 5.32 Å². The Labute approximate surface area is 90.3 Å². The molecule has 0 heterocycles. The molecule has 0 unspecified atom stereocenters. The topological polar surface area (TPSA) is 12.0 Å². The molecule has 0 spiro atoms. The summed E-state index contributed by atoms with van der Waals surface area (Å²) in [4.78, 5) is 0. The molecule has 1 nitrogen and oxygen atoms in total. The molecular formula is C11H17ClFN. The molecule has 0 aliphatic heterocycles. The van der Waals surface area contributed by atoms with Crippen molar-refractivity contribution in [2.45, 2.75) is 27.3 Å². The van der Waals surface area contributed by atoms with Crippen molar-refractivity contribution in [3.63, 3.8) is 0 Å². The average molecular weight is 218 g/mol. The van der Waals surface area contributed by atoms with E-state index in [1.165, 1.54) is 0 Å². The summed E-state index contributed by atoms with van der Waals surface area (Å²) >= 11 is 5.80. The largest absolute Gasteiger partial charge is 0.316 e. The van der Waals surface area contributed by atoms with Gasteiger partial charge in [-0.05, 0) is 25.6 Å². The van der Waals surface area contributed by atoms with Gasteiger partial charge in [0.15, 0.2) is 0 Å². The van der Waals surface area contributed by atoms with Crippen LogP contribution in [-0.2, 0) is 6.54 Å². The molecule has 0 radical (unpaired) electrons. The maximum atomic E-state index is 13.3. The van der Waals surface area contributed by atoms with Gasteiger partial charge in [-0.2, -0.15) is 0 Å². The first kappa shape index (κ1) is 13.4. The number of benzene rings is 1. The van der Waals surface area contributed by atoms with Gasteiger partial charge < -0.3 is 5.32 Å². The fourth-order valence-corrected chi connectivity index (χ4v) is 1.27. The normalized spacial score (nSPS) is 9.29. The first-order valence-corrected chi connectivity index (χ1v) is 5.12. The maximum Gasteiger partial charge on any atom is 0.132 e. The smallest absolute Gasteiger partial charge is 0.132 e. The van der Waals surface area contributed by atoms with Crippen LogP contribution in [0.2, 0.25) is 5.02 Å². The summed E-state index contributed by atoms with van der Waals surface area (Å²) < 4.78 is 13.3. The number of hydrogen-bond donors (Lipinski definition) is 1. The molecule has 1 N–H and O–H groups in total. The molecule has 80 valence electrons. The van der Waals surface area contributed by atoms with Crippen LogP contribution in [0.5, 0.6) is 0 Å². The van der Waals surface area contributed by atoms with E-state index in [9.17, 15) is 4.39 Å². The maximum absolute atomic E-state index is 13.3. The van der Waals surface area contributed by atoms with Crippen LogP contribution in [0.4, 0.5) is 4.39 Å². The molecule has 1 rings (SSSR count). The van der Waals surface area contributed by atoms with Gasteiger partial charge in [0.2, 0.25) is 0 Å². The Balaban J connectivity index is 0.000000791. The minimum Gasteiger partial charge on any atom is -0.316 e. The second kappa shape index (κ2) is 6.80. The molecular weight excluding hydrogens is 201 g/mol. The molecule has 0 fully saturated rings. The van der Waals surface area contributed by atoms with Crippen molar-refractivity contribution in [2.24, 2.45) is 0 Å². The summed E-state index contributed by atoms with van der Waals surface area (Å²) in [5.74, 6) is -0.211. The van der Waals surface area contributed by atoms with E-state index in [0.29, 0.717) is 22.7 Å². The summed E-state index contributed by atoms with van der Waals surface area (Å²) in [6, 6.07) is 3.39. The van der Waals surface area contributed by atoms with E-state index < -0.39 is 0 Å². The first-order valence-electron chi connectivity index (χ1n) is 4.75. The third-order valence-corrected chi connectivity index (χ3v) is 2.09. The Kier molecular flexibility index (Phi) is 6.50. The van der Waals surface area contributed by atoms with Crippen molar-refractivity contribution in [3.8, 4) is 0 Å². The number of halogens is 2. The second-order valence-corrected chi connectivity index (χ2v) is 3.09. The van der Waals surface area contributed by atoms with Crippen LogP contribution < -0.4 is 5.32 Å². The highest BCUT2D eigenvalue weighted by atomic mass is 35.5. The number of nitrogens with one attached hydrogen (secondary N) is 1. The Bertz CT molecular complexity index is 287. The average Bonchev–Trinajstić information content (AvgIpc) is 2.22. The van der Waals surface area contributed by atoms with E-state index >= 15 is 0 Å². The first-order chi connectivity index (χ1) is 6.66. The third kappa shape index (κ3) is 3.28. The molecule has 0 saturated carbocycles. The van der Waals surface area contributed by atoms with Gasteiger partial charge >= 0.3 is 0 Å². The van der Waals surface area contributed by atoms with Crippen molar-refractivity contribution >= 4 is 11.6 Å². The van der Waals surface area contributed by atoms with Crippen molar-refractivity contribution < 1.29 is 4.39 Å². The van der Waals surface area contributed by atoms with E-state index in [0.717, 1.165) is 0 Å². The quantitative estimate of drug-likeness (QED) is 0.799. The summed E-state index contributed by atoms with van der Waals surface area (Å²) in [6.07, 6.45) is 0. The minimum absolute atomic E-state index is 0.211. The molecule has 0 aliphatic carbocycles. The van der Waals surface area contributed by atoms with Crippen molar-refractivity contribution in [1.29, 1.82) is 0 Å². The van der Waals surface area contributed by atoms with Crippen molar-refractivity contribution in [3.05, 3.63) is 34.1 Å². The van der Waals surface area contributed by atoms with E-state index in [-0.39, 0.29) is 5.82 Å². The molecule has 1 aromatic rings. The van der Waals surface area contributed by atoms with Gasteiger partial charge in [-0.1, -0.05) is 31.5 Å². The van der Waals surface area contributed by atoms with Gasteiger partial charge in [-0.3, -0.25) is 0 Å². The number of hydrogen-bond acceptors (Lipinski definition) is 1. The summed E-state index contributed by atoms with van der Waals surface area (Å²) in [5, 5.41) is 3.35. The van der Waals surface area contributed by atoms with Gasteiger partial charge in [-0.15, -0.1) is 0 Å². The third-order valence-electron chi connectivity index (χ3n) is 1.73.